The third kappa shape index (κ3) is 3.58. The smallest absolute Gasteiger partial charge is 0.254 e. The molecule has 3 heterocycles. The number of carbonyl (C=O) groups is 1. The van der Waals surface area contributed by atoms with Crippen LogP contribution in [0.1, 0.15) is 21.7 Å². The maximum atomic E-state index is 12.9. The molecule has 1 fully saturated rings. The van der Waals surface area contributed by atoms with Crippen LogP contribution in [-0.4, -0.2) is 51.5 Å². The number of hydrogen-bond acceptors (Lipinski definition) is 5. The molecule has 0 bridgehead atoms. The van der Waals surface area contributed by atoms with Crippen LogP contribution < -0.4 is 4.90 Å². The third-order valence-electron chi connectivity index (χ3n) is 4.80. The fourth-order valence-electron chi connectivity index (χ4n) is 3.35. The highest BCUT2D eigenvalue weighted by molar-refractivity contribution is 5.95. The molecule has 2 aromatic heterocycles. The summed E-state index contributed by atoms with van der Waals surface area (Å²) < 4.78 is 1.98. The van der Waals surface area contributed by atoms with E-state index in [1.807, 2.05) is 70.1 Å². The van der Waals surface area contributed by atoms with Gasteiger partial charge in [-0.15, -0.1) is 0 Å². The molecule has 1 aromatic carbocycles. The average molecular weight is 372 g/mol. The SMILES string of the molecule is Cc1cc(C#N)nc(N2CCN(C(=O)c3cccc(-n4cccc4)c3)CC2)n1. The Morgan fingerprint density at radius 1 is 1.04 bits per heavy atom. The second-order valence-corrected chi connectivity index (χ2v) is 6.73. The van der Waals surface area contributed by atoms with Crippen LogP contribution in [0.4, 0.5) is 5.95 Å². The van der Waals surface area contributed by atoms with Crippen LogP contribution in [0.5, 0.6) is 0 Å². The summed E-state index contributed by atoms with van der Waals surface area (Å²) in [7, 11) is 0. The van der Waals surface area contributed by atoms with Crippen LogP contribution in [0.15, 0.2) is 54.9 Å². The normalized spacial score (nSPS) is 14.0. The molecule has 0 radical (unpaired) electrons. The summed E-state index contributed by atoms with van der Waals surface area (Å²) in [5.74, 6) is 0.579. The van der Waals surface area contributed by atoms with Gasteiger partial charge in [0.15, 0.2) is 0 Å². The number of aromatic nitrogens is 3. The van der Waals surface area contributed by atoms with Crippen molar-refractivity contribution in [3.8, 4) is 11.8 Å². The molecule has 0 N–H and O–H groups in total. The highest BCUT2D eigenvalue weighted by Crippen LogP contribution is 2.17. The molecule has 3 aromatic rings. The van der Waals surface area contributed by atoms with Gasteiger partial charge in [0.25, 0.3) is 5.91 Å². The van der Waals surface area contributed by atoms with Gasteiger partial charge in [0, 0.05) is 55.5 Å². The zero-order valence-corrected chi connectivity index (χ0v) is 15.6. The summed E-state index contributed by atoms with van der Waals surface area (Å²) in [6, 6.07) is 15.3. The number of anilines is 1. The van der Waals surface area contributed by atoms with Gasteiger partial charge in [0.05, 0.1) is 0 Å². The van der Waals surface area contributed by atoms with Crippen LogP contribution in [0, 0.1) is 18.3 Å². The highest BCUT2D eigenvalue weighted by Gasteiger charge is 2.24. The summed E-state index contributed by atoms with van der Waals surface area (Å²) >= 11 is 0. The summed E-state index contributed by atoms with van der Waals surface area (Å²) in [6.07, 6.45) is 3.92. The van der Waals surface area contributed by atoms with E-state index in [0.29, 0.717) is 43.4 Å². The van der Waals surface area contributed by atoms with Gasteiger partial charge < -0.3 is 14.4 Å². The number of aryl methyl sites for hydroxylation is 1. The Bertz CT molecular complexity index is 1030. The molecule has 0 unspecified atom stereocenters. The predicted molar refractivity (Wildman–Crippen MR) is 105 cm³/mol. The summed E-state index contributed by atoms with van der Waals surface area (Å²) in [5.41, 5.74) is 2.77. The van der Waals surface area contributed by atoms with Crippen molar-refractivity contribution in [1.29, 1.82) is 5.26 Å². The van der Waals surface area contributed by atoms with Gasteiger partial charge in [0.2, 0.25) is 5.95 Å². The highest BCUT2D eigenvalue weighted by atomic mass is 16.2. The largest absolute Gasteiger partial charge is 0.337 e. The van der Waals surface area contributed by atoms with Gasteiger partial charge in [-0.25, -0.2) is 9.97 Å². The minimum atomic E-state index is 0.0246. The minimum absolute atomic E-state index is 0.0246. The Balaban J connectivity index is 1.46. The first kappa shape index (κ1) is 17.7. The fourth-order valence-corrected chi connectivity index (χ4v) is 3.35. The van der Waals surface area contributed by atoms with Crippen LogP contribution in [0.3, 0.4) is 0 Å². The molecular formula is C21H20N6O. The Morgan fingerprint density at radius 2 is 1.79 bits per heavy atom. The van der Waals surface area contributed by atoms with Crippen molar-refractivity contribution in [2.75, 3.05) is 31.1 Å². The molecule has 28 heavy (non-hydrogen) atoms. The van der Waals surface area contributed by atoms with E-state index in [1.54, 1.807) is 6.07 Å². The van der Waals surface area contributed by atoms with Gasteiger partial charge >= 0.3 is 0 Å². The predicted octanol–water partition coefficient (Wildman–Crippen LogP) is 2.41. The lowest BCUT2D eigenvalue weighted by molar-refractivity contribution is 0.0746. The van der Waals surface area contributed by atoms with E-state index in [-0.39, 0.29) is 5.91 Å². The first-order valence-electron chi connectivity index (χ1n) is 9.17. The number of piperazine rings is 1. The molecule has 7 nitrogen and oxygen atoms in total. The van der Waals surface area contributed by atoms with Crippen molar-refractivity contribution in [3.05, 3.63) is 71.8 Å². The van der Waals surface area contributed by atoms with E-state index in [9.17, 15) is 4.79 Å². The summed E-state index contributed by atoms with van der Waals surface area (Å²) in [5, 5.41) is 9.10. The molecule has 0 saturated carbocycles. The van der Waals surface area contributed by atoms with Crippen molar-refractivity contribution in [2.45, 2.75) is 6.92 Å². The summed E-state index contributed by atoms with van der Waals surface area (Å²) in [4.78, 5) is 25.5. The number of amides is 1. The lowest BCUT2D eigenvalue weighted by Crippen LogP contribution is -2.49. The molecule has 4 rings (SSSR count). The monoisotopic (exact) mass is 372 g/mol. The quantitative estimate of drug-likeness (QED) is 0.705. The minimum Gasteiger partial charge on any atom is -0.337 e. The number of benzene rings is 1. The standard InChI is InChI=1S/C21H20N6O/c1-16-13-18(15-22)24-21(23-16)27-11-9-26(10-12-27)20(28)17-5-4-6-19(14-17)25-7-2-3-8-25/h2-8,13-14H,9-12H2,1H3. The van der Waals surface area contributed by atoms with Gasteiger partial charge in [-0.2, -0.15) is 5.26 Å². The summed E-state index contributed by atoms with van der Waals surface area (Å²) in [6.45, 7) is 4.30. The zero-order chi connectivity index (χ0) is 19.5. The lowest BCUT2D eigenvalue weighted by atomic mass is 10.1. The number of rotatable bonds is 3. The Labute approximate surface area is 163 Å². The molecule has 1 aliphatic rings. The van der Waals surface area contributed by atoms with E-state index in [0.717, 1.165) is 11.4 Å². The van der Waals surface area contributed by atoms with Crippen LogP contribution in [0.25, 0.3) is 5.69 Å². The van der Waals surface area contributed by atoms with E-state index >= 15 is 0 Å². The third-order valence-corrected chi connectivity index (χ3v) is 4.80. The van der Waals surface area contributed by atoms with E-state index < -0.39 is 0 Å². The molecule has 0 atom stereocenters. The number of carbonyl (C=O) groups excluding carboxylic acids is 1. The Kier molecular flexibility index (Phi) is 4.77. The molecule has 1 aliphatic heterocycles. The molecular weight excluding hydrogens is 352 g/mol. The molecule has 1 amide bonds. The van der Waals surface area contributed by atoms with E-state index in [2.05, 4.69) is 16.0 Å². The van der Waals surface area contributed by atoms with Crippen molar-refractivity contribution in [3.63, 3.8) is 0 Å². The van der Waals surface area contributed by atoms with Gasteiger partial charge in [-0.05, 0) is 43.3 Å². The van der Waals surface area contributed by atoms with Crippen molar-refractivity contribution >= 4 is 11.9 Å². The van der Waals surface area contributed by atoms with Gasteiger partial charge in [-0.3, -0.25) is 4.79 Å². The van der Waals surface area contributed by atoms with Crippen LogP contribution >= 0.6 is 0 Å². The van der Waals surface area contributed by atoms with Crippen molar-refractivity contribution in [2.24, 2.45) is 0 Å². The number of nitrogens with zero attached hydrogens (tertiary/aromatic N) is 6. The zero-order valence-electron chi connectivity index (χ0n) is 15.6. The fraction of sp³-hybridized carbons (Fsp3) is 0.238. The van der Waals surface area contributed by atoms with Gasteiger partial charge in [-0.1, -0.05) is 6.07 Å². The van der Waals surface area contributed by atoms with Crippen LogP contribution in [0.2, 0.25) is 0 Å². The molecule has 1 saturated heterocycles. The average Bonchev–Trinajstić information content (AvgIpc) is 3.28. The first-order chi connectivity index (χ1) is 13.6. The van der Waals surface area contributed by atoms with E-state index in [1.165, 1.54) is 0 Å². The maximum Gasteiger partial charge on any atom is 0.254 e. The lowest BCUT2D eigenvalue weighted by Gasteiger charge is -2.35. The second kappa shape index (κ2) is 7.53. The topological polar surface area (TPSA) is 78.0 Å². The van der Waals surface area contributed by atoms with Crippen LogP contribution in [-0.2, 0) is 0 Å². The van der Waals surface area contributed by atoms with Crippen molar-refractivity contribution in [1.82, 2.24) is 19.4 Å². The van der Waals surface area contributed by atoms with Gasteiger partial charge in [0.1, 0.15) is 11.8 Å². The Hall–Kier alpha value is -3.66. The maximum absolute atomic E-state index is 12.9. The Morgan fingerprint density at radius 3 is 2.50 bits per heavy atom. The second-order valence-electron chi connectivity index (χ2n) is 6.73. The molecule has 7 heteroatoms. The van der Waals surface area contributed by atoms with Crippen molar-refractivity contribution < 1.29 is 4.79 Å². The molecule has 0 spiro atoms. The number of nitriles is 1. The van der Waals surface area contributed by atoms with E-state index in [4.69, 9.17) is 5.26 Å². The molecule has 140 valence electrons. The number of hydrogen-bond donors (Lipinski definition) is 0. The molecule has 0 aliphatic carbocycles. The first-order valence-corrected chi connectivity index (χ1v) is 9.17.